The predicted molar refractivity (Wildman–Crippen MR) is 49.5 cm³/mol. The normalized spacial score (nSPS) is 13.4. The van der Waals surface area contributed by atoms with Crippen LogP contribution in [0.1, 0.15) is 20.3 Å². The third kappa shape index (κ3) is 3.62. The van der Waals surface area contributed by atoms with E-state index in [4.69, 9.17) is 5.26 Å². The third-order valence-corrected chi connectivity index (χ3v) is 1.25. The maximum absolute atomic E-state index is 9.29. The molecule has 12 heavy (non-hydrogen) atoms. The monoisotopic (exact) mass is 163 g/mol. The second-order valence-corrected chi connectivity index (χ2v) is 2.22. The number of rotatable bonds is 3. The summed E-state index contributed by atoms with van der Waals surface area (Å²) in [7, 11) is 0. The molecule has 0 saturated carbocycles. The van der Waals surface area contributed by atoms with Gasteiger partial charge in [0, 0.05) is 0 Å². The van der Waals surface area contributed by atoms with E-state index in [1.165, 1.54) is 6.08 Å². The Kier molecular flexibility index (Phi) is 5.46. The van der Waals surface area contributed by atoms with E-state index in [0.29, 0.717) is 5.57 Å². The lowest BCUT2D eigenvalue weighted by atomic mass is 10.2. The fourth-order valence-electron chi connectivity index (χ4n) is 0.689. The van der Waals surface area contributed by atoms with Crippen LogP contribution in [0.15, 0.2) is 35.6 Å². The van der Waals surface area contributed by atoms with Gasteiger partial charge >= 0.3 is 0 Å². The van der Waals surface area contributed by atoms with E-state index in [1.54, 1.807) is 18.2 Å². The first kappa shape index (κ1) is 10.5. The van der Waals surface area contributed by atoms with Crippen molar-refractivity contribution in [1.82, 2.24) is 0 Å². The molecule has 0 rings (SSSR count). The Hall–Kier alpha value is -1.49. The van der Waals surface area contributed by atoms with Gasteiger partial charge in [0.05, 0.1) is 5.57 Å². The SMILES string of the molecule is C\C=C/C=C(O)\C(C#N)=C\CC. The van der Waals surface area contributed by atoms with Gasteiger partial charge < -0.3 is 5.11 Å². The summed E-state index contributed by atoms with van der Waals surface area (Å²) >= 11 is 0. The van der Waals surface area contributed by atoms with Crippen molar-refractivity contribution < 1.29 is 5.11 Å². The lowest BCUT2D eigenvalue weighted by Gasteiger charge is -1.93. The Morgan fingerprint density at radius 2 is 2.25 bits per heavy atom. The Balaban J connectivity index is 4.55. The Bertz CT molecular complexity index is 254. The summed E-state index contributed by atoms with van der Waals surface area (Å²) in [5, 5.41) is 17.9. The summed E-state index contributed by atoms with van der Waals surface area (Å²) in [5.41, 5.74) is 0.329. The van der Waals surface area contributed by atoms with Crippen LogP contribution in [0.2, 0.25) is 0 Å². The zero-order valence-electron chi connectivity index (χ0n) is 7.41. The summed E-state index contributed by atoms with van der Waals surface area (Å²) in [6.45, 7) is 3.76. The Morgan fingerprint density at radius 3 is 2.67 bits per heavy atom. The van der Waals surface area contributed by atoms with E-state index in [9.17, 15) is 5.11 Å². The van der Waals surface area contributed by atoms with Crippen LogP contribution in [0.25, 0.3) is 0 Å². The molecule has 0 aromatic carbocycles. The molecule has 2 heteroatoms. The number of allylic oxidation sites excluding steroid dienone is 5. The van der Waals surface area contributed by atoms with Gasteiger partial charge in [0.1, 0.15) is 11.8 Å². The van der Waals surface area contributed by atoms with Gasteiger partial charge in [-0.2, -0.15) is 5.26 Å². The highest BCUT2D eigenvalue weighted by atomic mass is 16.3. The van der Waals surface area contributed by atoms with Crippen molar-refractivity contribution in [2.24, 2.45) is 0 Å². The zero-order valence-corrected chi connectivity index (χ0v) is 7.41. The molecule has 0 heterocycles. The van der Waals surface area contributed by atoms with Gasteiger partial charge in [-0.25, -0.2) is 0 Å². The number of aliphatic hydroxyl groups excluding tert-OH is 1. The molecule has 1 N–H and O–H groups in total. The molecule has 0 radical (unpaired) electrons. The summed E-state index contributed by atoms with van der Waals surface area (Å²) in [4.78, 5) is 0. The standard InChI is InChI=1S/C10H13NO/c1-3-5-7-10(12)9(8-11)6-4-2/h3,5-7,12H,4H2,1-2H3/b5-3-,9-6+,10-7+. The molecule has 2 nitrogen and oxygen atoms in total. The largest absolute Gasteiger partial charge is 0.507 e. The van der Waals surface area contributed by atoms with Gasteiger partial charge in [-0.3, -0.25) is 0 Å². The average molecular weight is 163 g/mol. The summed E-state index contributed by atoms with van der Waals surface area (Å²) in [5.74, 6) is 0.0254. The van der Waals surface area contributed by atoms with E-state index < -0.39 is 0 Å². The molecule has 0 unspecified atom stereocenters. The zero-order chi connectivity index (χ0) is 9.40. The average Bonchev–Trinajstić information content (AvgIpc) is 2.10. The lowest BCUT2D eigenvalue weighted by Crippen LogP contribution is -1.84. The van der Waals surface area contributed by atoms with E-state index in [-0.39, 0.29) is 5.76 Å². The van der Waals surface area contributed by atoms with Crippen LogP contribution in [0, 0.1) is 11.3 Å². The van der Waals surface area contributed by atoms with Crippen molar-refractivity contribution in [2.45, 2.75) is 20.3 Å². The molecule has 0 atom stereocenters. The maximum atomic E-state index is 9.29. The Morgan fingerprint density at radius 1 is 1.58 bits per heavy atom. The van der Waals surface area contributed by atoms with Gasteiger partial charge in [0.2, 0.25) is 0 Å². The second kappa shape index (κ2) is 6.23. The van der Waals surface area contributed by atoms with Crippen molar-refractivity contribution in [3.8, 4) is 6.07 Å². The van der Waals surface area contributed by atoms with Crippen LogP contribution in [0.4, 0.5) is 0 Å². The first-order valence-corrected chi connectivity index (χ1v) is 3.88. The molecular weight excluding hydrogens is 150 g/mol. The highest BCUT2D eigenvalue weighted by Gasteiger charge is 1.97. The van der Waals surface area contributed by atoms with Gasteiger partial charge in [-0.15, -0.1) is 0 Å². The molecule has 0 aliphatic carbocycles. The first-order chi connectivity index (χ1) is 5.76. The fourth-order valence-corrected chi connectivity index (χ4v) is 0.689. The highest BCUT2D eigenvalue weighted by Crippen LogP contribution is 2.06. The first-order valence-electron chi connectivity index (χ1n) is 3.88. The minimum Gasteiger partial charge on any atom is -0.507 e. The molecule has 64 valence electrons. The van der Waals surface area contributed by atoms with Crippen molar-refractivity contribution >= 4 is 0 Å². The van der Waals surface area contributed by atoms with Crippen LogP contribution in [0.5, 0.6) is 0 Å². The highest BCUT2D eigenvalue weighted by molar-refractivity contribution is 5.38. The molecule has 0 aromatic heterocycles. The molecule has 0 aromatic rings. The second-order valence-electron chi connectivity index (χ2n) is 2.22. The van der Waals surface area contributed by atoms with Gasteiger partial charge in [0.15, 0.2) is 0 Å². The number of nitrogens with zero attached hydrogens (tertiary/aromatic N) is 1. The van der Waals surface area contributed by atoms with Crippen LogP contribution in [-0.4, -0.2) is 5.11 Å². The summed E-state index contributed by atoms with van der Waals surface area (Å²) < 4.78 is 0. The topological polar surface area (TPSA) is 44.0 Å². The fraction of sp³-hybridized carbons (Fsp3) is 0.300. The molecule has 0 aliphatic heterocycles. The number of hydrogen-bond donors (Lipinski definition) is 1. The predicted octanol–water partition coefficient (Wildman–Crippen LogP) is 2.86. The van der Waals surface area contributed by atoms with Gasteiger partial charge in [0.25, 0.3) is 0 Å². The molecule has 0 amide bonds. The molecule has 0 saturated heterocycles. The van der Waals surface area contributed by atoms with Crippen molar-refractivity contribution in [3.63, 3.8) is 0 Å². The van der Waals surface area contributed by atoms with Gasteiger partial charge in [-0.1, -0.05) is 25.2 Å². The van der Waals surface area contributed by atoms with E-state index in [1.807, 2.05) is 19.9 Å². The molecule has 0 fully saturated rings. The minimum atomic E-state index is 0.0254. The summed E-state index contributed by atoms with van der Waals surface area (Å²) in [6.07, 6.45) is 7.42. The smallest absolute Gasteiger partial charge is 0.132 e. The van der Waals surface area contributed by atoms with Crippen molar-refractivity contribution in [3.05, 3.63) is 35.6 Å². The lowest BCUT2D eigenvalue weighted by molar-refractivity contribution is 0.427. The van der Waals surface area contributed by atoms with Crippen molar-refractivity contribution in [2.75, 3.05) is 0 Å². The quantitative estimate of drug-likeness (QED) is 0.395. The molecule has 0 spiro atoms. The van der Waals surface area contributed by atoms with Crippen LogP contribution < -0.4 is 0 Å². The minimum absolute atomic E-state index is 0.0254. The number of aliphatic hydroxyl groups is 1. The van der Waals surface area contributed by atoms with Gasteiger partial charge in [-0.05, 0) is 19.4 Å². The van der Waals surface area contributed by atoms with E-state index in [0.717, 1.165) is 6.42 Å². The van der Waals surface area contributed by atoms with Crippen molar-refractivity contribution in [1.29, 1.82) is 5.26 Å². The third-order valence-electron chi connectivity index (χ3n) is 1.25. The Labute approximate surface area is 73.1 Å². The molecule has 0 bridgehead atoms. The summed E-state index contributed by atoms with van der Waals surface area (Å²) in [6, 6.07) is 1.92. The molecule has 0 aliphatic rings. The van der Waals surface area contributed by atoms with Crippen LogP contribution >= 0.6 is 0 Å². The van der Waals surface area contributed by atoms with E-state index >= 15 is 0 Å². The van der Waals surface area contributed by atoms with Crippen LogP contribution in [-0.2, 0) is 0 Å². The molecular formula is C10H13NO. The maximum Gasteiger partial charge on any atom is 0.132 e. The number of nitriles is 1. The number of hydrogen-bond acceptors (Lipinski definition) is 2. The van der Waals surface area contributed by atoms with Crippen LogP contribution in [0.3, 0.4) is 0 Å². The van der Waals surface area contributed by atoms with E-state index in [2.05, 4.69) is 0 Å².